The molecule has 11 heteroatoms. The molecule has 304 valence electrons. The van der Waals surface area contributed by atoms with Crippen LogP contribution in [0.4, 0.5) is 0 Å². The van der Waals surface area contributed by atoms with Crippen LogP contribution < -0.4 is 0 Å². The van der Waals surface area contributed by atoms with E-state index in [2.05, 4.69) is 125 Å². The van der Waals surface area contributed by atoms with E-state index in [9.17, 15) is 0 Å². The van der Waals surface area contributed by atoms with Gasteiger partial charge in [-0.25, -0.2) is 0 Å². The van der Waals surface area contributed by atoms with Crippen LogP contribution in [0.3, 0.4) is 0 Å². The minimum atomic E-state index is 0. The average Bonchev–Trinajstić information content (AvgIpc) is 3.04. The molecule has 0 saturated heterocycles. The molecular formula is C36H96Ni3P6Se2+8. The Morgan fingerprint density at radius 3 is 0.213 bits per heavy atom. The van der Waals surface area contributed by atoms with Gasteiger partial charge >= 0.3 is 34.1 Å². The molecule has 0 fully saturated rings. The van der Waals surface area contributed by atoms with Gasteiger partial charge in [0.25, 0.3) is 0 Å². The molecule has 0 rings (SSSR count). The third kappa shape index (κ3) is 72.9. The molecule has 0 aliphatic rings. The number of hydrogen-bond donors (Lipinski definition) is 0. The molecule has 0 amide bonds. The van der Waals surface area contributed by atoms with E-state index in [4.69, 9.17) is 0 Å². The molecule has 0 nitrogen and oxygen atoms in total. The van der Waals surface area contributed by atoms with Crippen molar-refractivity contribution < 1.29 is 49.5 Å². The summed E-state index contributed by atoms with van der Waals surface area (Å²) in [6, 6.07) is 0. The van der Waals surface area contributed by atoms with Crippen LogP contribution >= 0.6 is 47.5 Å². The maximum absolute atomic E-state index is 2.31. The van der Waals surface area contributed by atoms with Crippen LogP contribution in [-0.2, 0) is 49.5 Å². The number of rotatable bonds is 18. The van der Waals surface area contributed by atoms with Gasteiger partial charge < -0.3 is 0 Å². The van der Waals surface area contributed by atoms with Gasteiger partial charge in [0.1, 0.15) is 0 Å². The fourth-order valence-corrected chi connectivity index (χ4v) is 13.5. The monoisotopic (exact) mass is 1050 g/mol. The van der Waals surface area contributed by atoms with Crippen molar-refractivity contribution in [3.8, 4) is 0 Å². The Kier molecular flexibility index (Phi) is 130. The molecule has 0 N–H and O–H groups in total. The summed E-state index contributed by atoms with van der Waals surface area (Å²) in [7, 11) is 0.824. The van der Waals surface area contributed by atoms with Gasteiger partial charge in [-0.3, -0.25) is 0 Å². The van der Waals surface area contributed by atoms with E-state index in [-0.39, 0.29) is 131 Å². The standard InChI is InChI=1S/6C6H15P.3Ni.2Se/c6*1-4-7(5-2)6-3;;;;;/h6*4-6H2,1-3H3;;;;;/q;;;;;;;;;2*+1/p+6. The summed E-state index contributed by atoms with van der Waals surface area (Å²) in [6.07, 6.45) is 26.2. The van der Waals surface area contributed by atoms with Gasteiger partial charge in [0.05, 0.1) is 111 Å². The molecule has 47 heavy (non-hydrogen) atoms. The van der Waals surface area contributed by atoms with Crippen LogP contribution in [-0.4, -0.2) is 145 Å². The summed E-state index contributed by atoms with van der Waals surface area (Å²) in [5, 5.41) is 0. The predicted octanol–water partition coefficient (Wildman–Crippen LogP) is 12.8. The Morgan fingerprint density at radius 2 is 0.213 bits per heavy atom. The zero-order valence-corrected chi connectivity index (χ0v) is 47.9. The summed E-state index contributed by atoms with van der Waals surface area (Å²) in [5.41, 5.74) is 0. The first kappa shape index (κ1) is 80.5. The Morgan fingerprint density at radius 1 is 0.170 bits per heavy atom. The van der Waals surface area contributed by atoms with Gasteiger partial charge in [-0.15, -0.1) is 0 Å². The molecule has 0 atom stereocenters. The largest absolute Gasteiger partial charge is 1.00 e. The van der Waals surface area contributed by atoms with E-state index in [1.165, 1.54) is 111 Å². The van der Waals surface area contributed by atoms with Crippen LogP contribution in [0.5, 0.6) is 0 Å². The molecule has 0 spiro atoms. The van der Waals surface area contributed by atoms with Crippen molar-refractivity contribution in [2.24, 2.45) is 0 Å². The summed E-state index contributed by atoms with van der Waals surface area (Å²) in [4.78, 5) is 0. The van der Waals surface area contributed by atoms with Crippen LogP contribution in [0.15, 0.2) is 0 Å². The molecule has 0 bridgehead atoms. The normalized spacial score (nSPS) is 9.19. The minimum Gasteiger partial charge on any atom is -0.0313 e. The molecule has 0 aliphatic carbocycles. The second-order valence-electron chi connectivity index (χ2n) is 10.9. The van der Waals surface area contributed by atoms with Gasteiger partial charge in [-0.1, -0.05) is 0 Å². The van der Waals surface area contributed by atoms with E-state index in [0.717, 1.165) is 0 Å². The van der Waals surface area contributed by atoms with Crippen LogP contribution in [0.25, 0.3) is 0 Å². The molecule has 0 aliphatic heterocycles. The fourth-order valence-electron chi connectivity index (χ4n) is 4.50. The van der Waals surface area contributed by atoms with Gasteiger partial charge in [0, 0.05) is 49.5 Å². The van der Waals surface area contributed by atoms with E-state index >= 15 is 0 Å². The van der Waals surface area contributed by atoms with E-state index in [0.29, 0.717) is 0 Å². The Bertz CT molecular complexity index is 275. The van der Waals surface area contributed by atoms with Gasteiger partial charge in [0.15, 0.2) is 0 Å². The van der Waals surface area contributed by atoms with Gasteiger partial charge in [0.2, 0.25) is 0 Å². The zero-order valence-electron chi connectivity index (χ0n) is 35.5. The third-order valence-corrected chi connectivity index (χ3v) is 27.0. The van der Waals surface area contributed by atoms with Crippen molar-refractivity contribution in [1.29, 1.82) is 0 Å². The first-order valence-electron chi connectivity index (χ1n) is 19.1. The Hall–Kier alpha value is 5.10. The quantitative estimate of drug-likeness (QED) is 0.0948. The summed E-state index contributed by atoms with van der Waals surface area (Å²) >= 11 is 0. The van der Waals surface area contributed by atoms with Crippen molar-refractivity contribution in [3.63, 3.8) is 0 Å². The average molecular weight is 1050 g/mol. The Balaban J connectivity index is -0.0000000360. The first-order valence-corrected chi connectivity index (χ1v) is 31.8. The van der Waals surface area contributed by atoms with E-state index < -0.39 is 0 Å². The molecule has 6 radical (unpaired) electrons. The third-order valence-electron chi connectivity index (χ3n) is 9.00. The van der Waals surface area contributed by atoms with Gasteiger partial charge in [-0.2, -0.15) is 0 Å². The summed E-state index contributed by atoms with van der Waals surface area (Å²) < 4.78 is 0. The van der Waals surface area contributed by atoms with Crippen LogP contribution in [0.1, 0.15) is 125 Å². The minimum absolute atomic E-state index is 0. The fraction of sp³-hybridized carbons (Fsp3) is 1.00. The van der Waals surface area contributed by atoms with Crippen molar-refractivity contribution in [2.75, 3.05) is 111 Å². The molecule has 0 saturated carbocycles. The second-order valence-corrected chi connectivity index (χ2v) is 32.6. The van der Waals surface area contributed by atoms with E-state index in [1.54, 1.807) is 0 Å². The summed E-state index contributed by atoms with van der Waals surface area (Å²) in [5.74, 6) is 0. The smallest absolute Gasteiger partial charge is 0.0313 e. The van der Waals surface area contributed by atoms with Crippen molar-refractivity contribution in [2.45, 2.75) is 125 Å². The molecule has 0 unspecified atom stereocenters. The van der Waals surface area contributed by atoms with Crippen molar-refractivity contribution in [1.82, 2.24) is 0 Å². The first-order chi connectivity index (χ1) is 20.1. The van der Waals surface area contributed by atoms with Crippen LogP contribution in [0, 0.1) is 0 Å². The molecule has 0 heterocycles. The predicted molar refractivity (Wildman–Crippen MR) is 251 cm³/mol. The second kappa shape index (κ2) is 75.9. The number of hydrogen-bond acceptors (Lipinski definition) is 0. The van der Waals surface area contributed by atoms with Crippen LogP contribution in [0.2, 0.25) is 0 Å². The maximum Gasteiger partial charge on any atom is 1.00 e. The van der Waals surface area contributed by atoms with E-state index in [1.807, 2.05) is 0 Å². The topological polar surface area (TPSA) is 0 Å². The summed E-state index contributed by atoms with van der Waals surface area (Å²) in [6.45, 7) is 41.5. The zero-order chi connectivity index (χ0) is 34.2. The molecule has 0 aromatic heterocycles. The Labute approximate surface area is 363 Å². The molecular weight excluding hydrogens is 952 g/mol. The van der Waals surface area contributed by atoms with Crippen molar-refractivity contribution in [3.05, 3.63) is 0 Å². The molecule has 0 aromatic rings. The van der Waals surface area contributed by atoms with Crippen molar-refractivity contribution >= 4 is 81.7 Å². The SMILES string of the molecule is CC[PH+](CC)CC.CC[PH+](CC)CC.CC[PH+](CC)CC.CC[PH+](CC)CC.CC[PH+](CC)CC.CC[PH+](CC)CC.[Ni].[Ni].[Ni].[Se+].[Se+]. The molecule has 0 aromatic carbocycles. The maximum atomic E-state index is 2.31. The van der Waals surface area contributed by atoms with Gasteiger partial charge in [-0.05, 0) is 172 Å².